The lowest BCUT2D eigenvalue weighted by Crippen LogP contribution is -3.11. The molecule has 2 nitrogen and oxygen atoms in total. The van der Waals surface area contributed by atoms with Crippen LogP contribution < -0.4 is 4.90 Å². The number of benzene rings is 1. The Morgan fingerprint density at radius 1 is 1.19 bits per heavy atom. The van der Waals surface area contributed by atoms with Gasteiger partial charge in [-0.1, -0.05) is 55.8 Å². The Labute approximate surface area is 128 Å². The van der Waals surface area contributed by atoms with Crippen LogP contribution >= 0.6 is 0 Å². The second-order valence-electron chi connectivity index (χ2n) is 6.99. The largest absolute Gasteiger partial charge is 0.319 e. The van der Waals surface area contributed by atoms with Gasteiger partial charge in [0, 0.05) is 11.5 Å². The smallest absolute Gasteiger partial charge is 0.218 e. The summed E-state index contributed by atoms with van der Waals surface area (Å²) in [4.78, 5) is 1.61. The third kappa shape index (κ3) is 3.22. The van der Waals surface area contributed by atoms with Gasteiger partial charge in [0.2, 0.25) is 6.23 Å². The highest BCUT2D eigenvalue weighted by atomic mass is 16.5. The molecule has 0 amide bonds. The van der Waals surface area contributed by atoms with Crippen molar-refractivity contribution in [2.24, 2.45) is 17.8 Å². The van der Waals surface area contributed by atoms with Crippen LogP contribution in [0, 0.1) is 17.8 Å². The summed E-state index contributed by atoms with van der Waals surface area (Å²) >= 11 is 0. The number of nitrogens with one attached hydrogen (secondary N) is 1. The van der Waals surface area contributed by atoms with Crippen LogP contribution in [0.1, 0.15) is 39.0 Å². The molecule has 0 bridgehead atoms. The fourth-order valence-corrected chi connectivity index (χ4v) is 4.23. The lowest BCUT2D eigenvalue weighted by molar-refractivity contribution is -0.935. The first-order valence-corrected chi connectivity index (χ1v) is 8.33. The van der Waals surface area contributed by atoms with Crippen molar-refractivity contribution in [3.8, 4) is 0 Å². The summed E-state index contributed by atoms with van der Waals surface area (Å²) in [6.45, 7) is 10.3. The maximum Gasteiger partial charge on any atom is 0.218 e. The van der Waals surface area contributed by atoms with Crippen molar-refractivity contribution in [1.29, 1.82) is 0 Å². The van der Waals surface area contributed by atoms with Gasteiger partial charge in [0.1, 0.15) is 13.2 Å². The molecule has 0 saturated carbocycles. The minimum absolute atomic E-state index is 0.234. The van der Waals surface area contributed by atoms with Crippen LogP contribution in [0.15, 0.2) is 42.0 Å². The Hall–Kier alpha value is -1.12. The van der Waals surface area contributed by atoms with E-state index in [0.717, 1.165) is 25.0 Å². The van der Waals surface area contributed by atoms with Crippen molar-refractivity contribution in [2.75, 3.05) is 19.7 Å². The normalized spacial score (nSPS) is 36.5. The number of allylic oxidation sites excluding steroid dienone is 2. The second kappa shape index (κ2) is 6.33. The first kappa shape index (κ1) is 14.8. The van der Waals surface area contributed by atoms with Crippen molar-refractivity contribution < 1.29 is 9.64 Å². The van der Waals surface area contributed by atoms with E-state index in [9.17, 15) is 0 Å². The van der Waals surface area contributed by atoms with Gasteiger partial charge in [0.05, 0.1) is 6.54 Å². The molecule has 5 atom stereocenters. The van der Waals surface area contributed by atoms with E-state index >= 15 is 0 Å². The van der Waals surface area contributed by atoms with Crippen LogP contribution in [0.3, 0.4) is 0 Å². The van der Waals surface area contributed by atoms with E-state index in [1.54, 1.807) is 10.5 Å². The number of ether oxygens (including phenoxy) is 1. The van der Waals surface area contributed by atoms with Gasteiger partial charge in [0.15, 0.2) is 0 Å². The van der Waals surface area contributed by atoms with Crippen LogP contribution in [-0.2, 0) is 4.74 Å². The molecule has 3 rings (SSSR count). The molecule has 2 heteroatoms. The summed E-state index contributed by atoms with van der Waals surface area (Å²) in [6.07, 6.45) is 3.98. The minimum Gasteiger partial charge on any atom is -0.319 e. The summed E-state index contributed by atoms with van der Waals surface area (Å²) in [7, 11) is 0. The molecule has 1 unspecified atom stereocenters. The average molecular weight is 286 g/mol. The fourth-order valence-electron chi connectivity index (χ4n) is 4.23. The predicted octanol–water partition coefficient (Wildman–Crippen LogP) is 2.84. The maximum atomic E-state index is 6.03. The molecule has 21 heavy (non-hydrogen) atoms. The zero-order chi connectivity index (χ0) is 14.8. The molecule has 1 heterocycles. The molecule has 1 aliphatic carbocycles. The lowest BCUT2D eigenvalue weighted by atomic mass is 9.74. The number of rotatable bonds is 3. The third-order valence-electron chi connectivity index (χ3n) is 5.28. The molecule has 0 spiro atoms. The standard InChI is InChI=1S/C19H27NO/c1-14-11-15(2)18(16(3)12-14)13-20-9-10-21-19(20)17-7-5-4-6-8-17/h4-8,11,15-16,18-19H,9-10,12-13H2,1-3H3/p+1/t15-,16-,18-,19+/m0/s1. The van der Waals surface area contributed by atoms with Crippen LogP contribution in [0.25, 0.3) is 0 Å². The highest BCUT2D eigenvalue weighted by molar-refractivity contribution is 5.16. The van der Waals surface area contributed by atoms with Gasteiger partial charge in [-0.2, -0.15) is 0 Å². The third-order valence-corrected chi connectivity index (χ3v) is 5.28. The Balaban J connectivity index is 1.72. The Bertz CT molecular complexity index is 496. The Morgan fingerprint density at radius 2 is 1.95 bits per heavy atom. The van der Waals surface area contributed by atoms with E-state index in [1.807, 2.05) is 0 Å². The van der Waals surface area contributed by atoms with Crippen molar-refractivity contribution >= 4 is 0 Å². The van der Waals surface area contributed by atoms with Gasteiger partial charge in [-0.25, -0.2) is 0 Å². The highest BCUT2D eigenvalue weighted by Gasteiger charge is 2.36. The first-order valence-electron chi connectivity index (χ1n) is 8.33. The molecule has 2 aliphatic rings. The van der Waals surface area contributed by atoms with Gasteiger partial charge in [0.25, 0.3) is 0 Å². The van der Waals surface area contributed by atoms with E-state index in [1.165, 1.54) is 18.5 Å². The molecule has 0 radical (unpaired) electrons. The van der Waals surface area contributed by atoms with Crippen LogP contribution in [-0.4, -0.2) is 19.7 Å². The van der Waals surface area contributed by atoms with Gasteiger partial charge >= 0.3 is 0 Å². The first-order chi connectivity index (χ1) is 10.1. The molecule has 1 N–H and O–H groups in total. The maximum absolute atomic E-state index is 6.03. The van der Waals surface area contributed by atoms with E-state index < -0.39 is 0 Å². The van der Waals surface area contributed by atoms with E-state index in [0.29, 0.717) is 5.92 Å². The molecule has 1 aliphatic heterocycles. The summed E-state index contributed by atoms with van der Waals surface area (Å²) < 4.78 is 6.03. The quantitative estimate of drug-likeness (QED) is 0.844. The zero-order valence-corrected chi connectivity index (χ0v) is 13.5. The molecular weight excluding hydrogens is 258 g/mol. The summed E-state index contributed by atoms with van der Waals surface area (Å²) in [5.74, 6) is 2.25. The van der Waals surface area contributed by atoms with Gasteiger partial charge in [-0.05, 0) is 25.2 Å². The Kier molecular flexibility index (Phi) is 4.46. The SMILES string of the molecule is CC1=C[C@H](C)[C@H](C[NH+]2CCO[C@@H]2c2ccccc2)[C@@H](C)C1. The molecular formula is C19H28NO+. The average Bonchev–Trinajstić information content (AvgIpc) is 2.92. The van der Waals surface area contributed by atoms with Crippen LogP contribution in [0.4, 0.5) is 0 Å². The zero-order valence-electron chi connectivity index (χ0n) is 13.5. The second-order valence-corrected chi connectivity index (χ2v) is 6.99. The minimum atomic E-state index is 0.234. The van der Waals surface area contributed by atoms with Gasteiger partial charge in [-0.3, -0.25) is 0 Å². The number of hydrogen-bond donors (Lipinski definition) is 1. The van der Waals surface area contributed by atoms with Crippen molar-refractivity contribution in [2.45, 2.75) is 33.4 Å². The molecule has 114 valence electrons. The molecule has 1 aromatic rings. The number of hydrogen-bond acceptors (Lipinski definition) is 1. The van der Waals surface area contributed by atoms with Gasteiger partial charge < -0.3 is 9.64 Å². The molecule has 0 aromatic heterocycles. The summed E-state index contributed by atoms with van der Waals surface area (Å²) in [5.41, 5.74) is 2.89. The van der Waals surface area contributed by atoms with Crippen LogP contribution in [0.5, 0.6) is 0 Å². The molecule has 1 aromatic carbocycles. The highest BCUT2D eigenvalue weighted by Crippen LogP contribution is 2.32. The van der Waals surface area contributed by atoms with E-state index in [2.05, 4.69) is 57.2 Å². The lowest BCUT2D eigenvalue weighted by Gasteiger charge is -2.35. The van der Waals surface area contributed by atoms with Crippen molar-refractivity contribution in [3.63, 3.8) is 0 Å². The van der Waals surface area contributed by atoms with Gasteiger partial charge in [-0.15, -0.1) is 0 Å². The van der Waals surface area contributed by atoms with E-state index in [-0.39, 0.29) is 6.23 Å². The molecule has 1 saturated heterocycles. The van der Waals surface area contributed by atoms with Crippen LogP contribution in [0.2, 0.25) is 0 Å². The Morgan fingerprint density at radius 3 is 2.67 bits per heavy atom. The topological polar surface area (TPSA) is 13.7 Å². The summed E-state index contributed by atoms with van der Waals surface area (Å²) in [5, 5.41) is 0. The summed E-state index contributed by atoms with van der Waals surface area (Å²) in [6, 6.07) is 10.7. The molecule has 1 fully saturated rings. The fraction of sp³-hybridized carbons (Fsp3) is 0.579. The predicted molar refractivity (Wildman–Crippen MR) is 86.0 cm³/mol. The monoisotopic (exact) mass is 286 g/mol. The van der Waals surface area contributed by atoms with E-state index in [4.69, 9.17) is 4.74 Å². The van der Waals surface area contributed by atoms with Crippen molar-refractivity contribution in [1.82, 2.24) is 0 Å². The van der Waals surface area contributed by atoms with Crippen molar-refractivity contribution in [3.05, 3.63) is 47.5 Å². The number of quaternary nitrogens is 1.